The summed E-state index contributed by atoms with van der Waals surface area (Å²) in [6.45, 7) is 3.41. The van der Waals surface area contributed by atoms with E-state index < -0.39 is 50.0 Å². The highest BCUT2D eigenvalue weighted by Crippen LogP contribution is 2.72. The maximum atomic E-state index is 15.0. The number of hydrogen-bond acceptors (Lipinski definition) is 2. The van der Waals surface area contributed by atoms with Crippen LogP contribution in [0.4, 0.5) is 39.5 Å². The Balaban J connectivity index is 2.80. The largest absolute Gasteiger partial charge is 0.545 e. The predicted octanol–water partition coefficient (Wildman–Crippen LogP) is 4.88. The van der Waals surface area contributed by atoms with E-state index in [1.165, 1.54) is 6.08 Å². The zero-order valence-electron chi connectivity index (χ0n) is 14.2. The molecule has 0 amide bonds. The van der Waals surface area contributed by atoms with E-state index in [1.54, 1.807) is 0 Å². The average Bonchev–Trinajstić information content (AvgIpc) is 2.64. The maximum Gasteiger partial charge on any atom is 0.382 e. The van der Waals surface area contributed by atoms with E-state index in [1.807, 2.05) is 0 Å². The van der Waals surface area contributed by atoms with Gasteiger partial charge in [-0.2, -0.15) is 35.1 Å². The highest BCUT2D eigenvalue weighted by atomic mass is 127. The van der Waals surface area contributed by atoms with Crippen molar-refractivity contribution in [3.8, 4) is 0 Å². The lowest BCUT2D eigenvalue weighted by Crippen LogP contribution is -2.52. The highest BCUT2D eigenvalue weighted by molar-refractivity contribution is 14.1. The van der Waals surface area contributed by atoms with Crippen LogP contribution in [0.3, 0.4) is 0 Å². The van der Waals surface area contributed by atoms with E-state index in [-0.39, 0.29) is 24.5 Å². The number of unbranched alkanes of at least 4 members (excludes halogenated alkanes) is 1. The topological polar surface area (TPSA) is 40.1 Å². The summed E-state index contributed by atoms with van der Waals surface area (Å²) in [5, 5.41) is 11.3. The number of carbonyl (C=O) groups is 1. The smallest absolute Gasteiger partial charge is 0.382 e. The van der Waals surface area contributed by atoms with Crippen molar-refractivity contribution in [2.75, 3.05) is 0 Å². The molecule has 162 valence electrons. The molecule has 1 aromatic rings. The van der Waals surface area contributed by atoms with Gasteiger partial charge in [-0.25, -0.2) is 4.39 Å². The summed E-state index contributed by atoms with van der Waals surface area (Å²) in [5.74, 6) is -28.7. The number of aryl methyl sites for hydroxylation is 1. The van der Waals surface area contributed by atoms with Crippen molar-refractivity contribution in [1.29, 1.82) is 0 Å². The molecule has 0 spiro atoms. The summed E-state index contributed by atoms with van der Waals surface area (Å²) in [7, 11) is 0. The van der Waals surface area contributed by atoms with Crippen molar-refractivity contribution in [1.82, 2.24) is 0 Å². The molecule has 1 aliphatic rings. The second kappa shape index (κ2) is 7.05. The van der Waals surface area contributed by atoms with Crippen LogP contribution in [0.2, 0.25) is 0 Å². The second-order valence-electron chi connectivity index (χ2n) is 6.41. The van der Waals surface area contributed by atoms with Crippen LogP contribution in [0.1, 0.15) is 34.3 Å². The lowest BCUT2D eigenvalue weighted by atomic mass is 9.85. The number of carboxylic acids is 1. The molecule has 0 N–H and O–H groups in total. The second-order valence-corrected chi connectivity index (χ2v) is 7.58. The average molecular weight is 545 g/mol. The summed E-state index contributed by atoms with van der Waals surface area (Å²) in [6, 6.07) is 0.617. The Labute approximate surface area is 171 Å². The van der Waals surface area contributed by atoms with Gasteiger partial charge >= 0.3 is 23.7 Å². The van der Waals surface area contributed by atoms with E-state index in [2.05, 4.69) is 6.58 Å². The van der Waals surface area contributed by atoms with Crippen LogP contribution in [-0.4, -0.2) is 29.7 Å². The van der Waals surface area contributed by atoms with E-state index in [0.29, 0.717) is 12.5 Å². The fraction of sp³-hybridized carbons (Fsp3) is 0.471. The Hall–Kier alpha value is -1.47. The fourth-order valence-corrected chi connectivity index (χ4v) is 3.98. The third-order valence-electron chi connectivity index (χ3n) is 4.69. The fourth-order valence-electron chi connectivity index (χ4n) is 3.07. The summed E-state index contributed by atoms with van der Waals surface area (Å²) >= 11 is 1.01. The minimum atomic E-state index is -6.74. The molecule has 0 heterocycles. The number of carbonyl (C=O) groups excluding carboxylic acids is 1. The van der Waals surface area contributed by atoms with Crippen LogP contribution in [-0.2, 0) is 12.1 Å². The quantitative estimate of drug-likeness (QED) is 0.221. The number of alkyl halides is 9. The minimum absolute atomic E-state index is 0.0655. The first-order valence-electron chi connectivity index (χ1n) is 7.87. The maximum absolute atomic E-state index is 15.0. The number of hydrogen-bond donors (Lipinski definition) is 0. The molecule has 12 heteroatoms. The molecule has 0 atom stereocenters. The molecule has 1 aromatic carbocycles. The van der Waals surface area contributed by atoms with Crippen LogP contribution in [0.25, 0.3) is 0 Å². The SMILES string of the molecule is C=CCCCc1cc(I)c(C2(F)C(F)(F)C(F)(F)C(F)(F)C2(F)F)cc1C(=O)[O-]. The predicted molar refractivity (Wildman–Crippen MR) is 89.2 cm³/mol. The molecule has 1 saturated carbocycles. The van der Waals surface area contributed by atoms with E-state index in [4.69, 9.17) is 0 Å². The normalized spacial score (nSPS) is 23.0. The lowest BCUT2D eigenvalue weighted by molar-refractivity contribution is -0.303. The van der Waals surface area contributed by atoms with Crippen molar-refractivity contribution in [3.05, 3.63) is 45.0 Å². The first-order valence-corrected chi connectivity index (χ1v) is 8.95. The standard InChI is InChI=1S/C17H12F9IO2/c1-2-3-4-5-8-6-11(27)10(7-9(8)12(28)29)13(18)14(19,20)16(23,24)17(25,26)15(13,21)22/h2,6-7H,1,3-5H2,(H,28,29)/p-1. The van der Waals surface area contributed by atoms with Gasteiger partial charge in [0.1, 0.15) is 0 Å². The zero-order chi connectivity index (χ0) is 22.6. The monoisotopic (exact) mass is 545 g/mol. The zero-order valence-corrected chi connectivity index (χ0v) is 16.3. The van der Waals surface area contributed by atoms with Crippen molar-refractivity contribution < 1.29 is 49.4 Å². The Kier molecular flexibility index (Phi) is 5.79. The summed E-state index contributed by atoms with van der Waals surface area (Å²) in [6.07, 6.45) is 2.03. The van der Waals surface area contributed by atoms with Crippen molar-refractivity contribution in [2.24, 2.45) is 0 Å². The van der Waals surface area contributed by atoms with Crippen molar-refractivity contribution in [2.45, 2.75) is 48.6 Å². The van der Waals surface area contributed by atoms with E-state index >= 15 is 4.39 Å². The molecule has 0 radical (unpaired) electrons. The van der Waals surface area contributed by atoms with Gasteiger partial charge < -0.3 is 9.90 Å². The van der Waals surface area contributed by atoms with Crippen LogP contribution >= 0.6 is 22.6 Å². The molecule has 1 aliphatic carbocycles. The van der Waals surface area contributed by atoms with Gasteiger partial charge in [0.25, 0.3) is 5.67 Å². The Morgan fingerprint density at radius 2 is 1.45 bits per heavy atom. The summed E-state index contributed by atoms with van der Waals surface area (Å²) in [4.78, 5) is 11.3. The Bertz CT molecular complexity index is 826. The van der Waals surface area contributed by atoms with Crippen LogP contribution in [0.5, 0.6) is 0 Å². The minimum Gasteiger partial charge on any atom is -0.545 e. The van der Waals surface area contributed by atoms with Gasteiger partial charge in [-0.15, -0.1) is 6.58 Å². The molecule has 0 aliphatic heterocycles. The summed E-state index contributed by atoms with van der Waals surface area (Å²) in [5.41, 5.74) is -9.08. The van der Waals surface area contributed by atoms with Crippen molar-refractivity contribution >= 4 is 28.6 Å². The number of allylic oxidation sites excluding steroid dienone is 1. The molecule has 1 fully saturated rings. The third-order valence-corrected chi connectivity index (χ3v) is 5.58. The van der Waals surface area contributed by atoms with Gasteiger partial charge in [-0.1, -0.05) is 6.08 Å². The molecular weight excluding hydrogens is 534 g/mol. The van der Waals surface area contributed by atoms with Gasteiger partial charge in [-0.05, 0) is 59.5 Å². The number of carboxylic acid groups (broad SMARTS) is 1. The van der Waals surface area contributed by atoms with Crippen LogP contribution < -0.4 is 5.11 Å². The van der Waals surface area contributed by atoms with E-state index in [0.717, 1.165) is 22.6 Å². The number of aromatic carboxylic acids is 1. The molecule has 2 nitrogen and oxygen atoms in total. The molecule has 2 rings (SSSR count). The summed E-state index contributed by atoms with van der Waals surface area (Å²) < 4.78 is 124. The van der Waals surface area contributed by atoms with Crippen LogP contribution in [0.15, 0.2) is 24.8 Å². The molecule has 29 heavy (non-hydrogen) atoms. The van der Waals surface area contributed by atoms with Gasteiger partial charge in [0.2, 0.25) is 0 Å². The van der Waals surface area contributed by atoms with E-state index in [9.17, 15) is 45.0 Å². The molecule has 0 aromatic heterocycles. The van der Waals surface area contributed by atoms with Crippen molar-refractivity contribution in [3.63, 3.8) is 0 Å². The highest BCUT2D eigenvalue weighted by Gasteiger charge is 3.01. The van der Waals surface area contributed by atoms with Crippen LogP contribution in [0, 0.1) is 3.57 Å². The number of benzene rings is 1. The van der Waals surface area contributed by atoms with Gasteiger partial charge in [0.05, 0.1) is 5.97 Å². The number of halogens is 10. The molecule has 0 saturated heterocycles. The Morgan fingerprint density at radius 1 is 0.966 bits per heavy atom. The first-order chi connectivity index (χ1) is 13.0. The first kappa shape index (κ1) is 23.8. The molecule has 0 bridgehead atoms. The van der Waals surface area contributed by atoms with Gasteiger partial charge in [-0.3, -0.25) is 0 Å². The molecule has 0 unspecified atom stereocenters. The van der Waals surface area contributed by atoms with Gasteiger partial charge in [0.15, 0.2) is 0 Å². The lowest BCUT2D eigenvalue weighted by Gasteiger charge is -2.33. The van der Waals surface area contributed by atoms with Gasteiger partial charge in [0, 0.05) is 14.7 Å². The number of rotatable bonds is 6. The Morgan fingerprint density at radius 3 is 1.86 bits per heavy atom. The molecular formula is C17H11F9IO2-. The third kappa shape index (κ3) is 2.87.